The number of rotatable bonds is 6. The zero-order chi connectivity index (χ0) is 16.8. The highest BCUT2D eigenvalue weighted by Gasteiger charge is 2.14. The zero-order valence-electron chi connectivity index (χ0n) is 13.3. The molecule has 122 valence electrons. The molecule has 0 aliphatic heterocycles. The van der Waals surface area contributed by atoms with Crippen LogP contribution in [-0.4, -0.2) is 19.5 Å². The number of benzene rings is 2. The van der Waals surface area contributed by atoms with E-state index in [1.807, 2.05) is 50.4 Å². The van der Waals surface area contributed by atoms with Crippen LogP contribution in [0, 0.1) is 0 Å². The van der Waals surface area contributed by atoms with Gasteiger partial charge in [-0.3, -0.25) is 4.79 Å². The smallest absolute Gasteiger partial charge is 0.275 e. The Morgan fingerprint density at radius 3 is 2.39 bits per heavy atom. The van der Waals surface area contributed by atoms with Gasteiger partial charge >= 0.3 is 0 Å². The van der Waals surface area contributed by atoms with Crippen molar-refractivity contribution >= 4 is 33.4 Å². The molecular weight excluding hydrogens is 376 g/mol. The van der Waals surface area contributed by atoms with Gasteiger partial charge in [-0.15, -0.1) is 0 Å². The first kappa shape index (κ1) is 18.0. The summed E-state index contributed by atoms with van der Waals surface area (Å²) >= 11 is 9.31. The van der Waals surface area contributed by atoms with Crippen molar-refractivity contribution in [3.8, 4) is 0 Å². The molecule has 2 N–H and O–H groups in total. The quantitative estimate of drug-likeness (QED) is 0.773. The standard InChI is InChI=1S/C18H20BrClN2O/c1-13(15-5-9-17(20)10-6-15)21-18(23)12-22(2)11-14-3-7-16(19)8-4-14/h3-10,13H,11-12H2,1-2H3,(H,21,23)/p+1/t13-/m1/s1. The van der Waals surface area contributed by atoms with E-state index in [0.29, 0.717) is 11.6 Å². The molecule has 3 nitrogen and oxygen atoms in total. The van der Waals surface area contributed by atoms with Gasteiger partial charge in [-0.1, -0.05) is 51.8 Å². The van der Waals surface area contributed by atoms with Gasteiger partial charge in [0.25, 0.3) is 5.91 Å². The fraction of sp³-hybridized carbons (Fsp3) is 0.278. The van der Waals surface area contributed by atoms with Gasteiger partial charge in [-0.05, 0) is 36.8 Å². The predicted octanol–water partition coefficient (Wildman–Crippen LogP) is 2.99. The SMILES string of the molecule is C[C@@H](NC(=O)C[NH+](C)Cc1ccc(Br)cc1)c1ccc(Cl)cc1. The number of hydrogen-bond acceptors (Lipinski definition) is 1. The van der Waals surface area contributed by atoms with Crippen LogP contribution in [0.25, 0.3) is 0 Å². The van der Waals surface area contributed by atoms with E-state index in [4.69, 9.17) is 11.6 Å². The number of carbonyl (C=O) groups excluding carboxylic acids is 1. The van der Waals surface area contributed by atoms with Gasteiger partial charge in [0.15, 0.2) is 6.54 Å². The second-order valence-electron chi connectivity index (χ2n) is 5.78. The maximum absolute atomic E-state index is 12.2. The number of nitrogens with one attached hydrogen (secondary N) is 2. The molecular formula is C18H21BrClN2O+. The molecule has 0 fully saturated rings. The number of likely N-dealkylation sites (N-methyl/N-ethyl adjacent to an activating group) is 1. The van der Waals surface area contributed by atoms with Crippen molar-refractivity contribution in [2.24, 2.45) is 0 Å². The van der Waals surface area contributed by atoms with Gasteiger partial charge in [0.2, 0.25) is 0 Å². The van der Waals surface area contributed by atoms with E-state index >= 15 is 0 Å². The van der Waals surface area contributed by atoms with Crippen molar-refractivity contribution in [1.29, 1.82) is 0 Å². The van der Waals surface area contributed by atoms with Crippen molar-refractivity contribution in [3.05, 3.63) is 69.2 Å². The average molecular weight is 397 g/mol. The molecule has 2 aromatic carbocycles. The molecule has 2 rings (SSSR count). The summed E-state index contributed by atoms with van der Waals surface area (Å²) in [5.41, 5.74) is 2.26. The third kappa shape index (κ3) is 5.98. The lowest BCUT2D eigenvalue weighted by Gasteiger charge is -2.17. The van der Waals surface area contributed by atoms with Gasteiger partial charge in [0.1, 0.15) is 6.54 Å². The summed E-state index contributed by atoms with van der Waals surface area (Å²) in [6, 6.07) is 15.7. The topological polar surface area (TPSA) is 33.5 Å². The molecule has 0 heterocycles. The molecule has 0 spiro atoms. The van der Waals surface area contributed by atoms with Crippen LogP contribution in [0.5, 0.6) is 0 Å². The van der Waals surface area contributed by atoms with Gasteiger partial charge in [-0.25, -0.2) is 0 Å². The molecule has 2 atom stereocenters. The molecule has 0 aliphatic rings. The van der Waals surface area contributed by atoms with E-state index in [0.717, 1.165) is 21.5 Å². The fourth-order valence-electron chi connectivity index (χ4n) is 2.41. The number of quaternary nitrogens is 1. The molecule has 0 radical (unpaired) electrons. The van der Waals surface area contributed by atoms with E-state index in [1.54, 1.807) is 0 Å². The average Bonchev–Trinajstić information content (AvgIpc) is 2.50. The van der Waals surface area contributed by atoms with E-state index in [1.165, 1.54) is 5.56 Å². The Balaban J connectivity index is 1.83. The Morgan fingerprint density at radius 2 is 1.78 bits per heavy atom. The van der Waals surface area contributed by atoms with E-state index in [-0.39, 0.29) is 11.9 Å². The summed E-state index contributed by atoms with van der Waals surface area (Å²) < 4.78 is 1.06. The van der Waals surface area contributed by atoms with Crippen molar-refractivity contribution in [3.63, 3.8) is 0 Å². The second-order valence-corrected chi connectivity index (χ2v) is 7.13. The fourth-order valence-corrected chi connectivity index (χ4v) is 2.80. The third-order valence-corrected chi connectivity index (χ3v) is 4.41. The third-order valence-electron chi connectivity index (χ3n) is 3.63. The van der Waals surface area contributed by atoms with E-state index in [2.05, 4.69) is 33.4 Å². The molecule has 23 heavy (non-hydrogen) atoms. The van der Waals surface area contributed by atoms with Crippen LogP contribution in [-0.2, 0) is 11.3 Å². The van der Waals surface area contributed by atoms with Crippen LogP contribution in [0.4, 0.5) is 0 Å². The molecule has 2 aromatic rings. The highest BCUT2D eigenvalue weighted by atomic mass is 79.9. The molecule has 0 saturated carbocycles. The molecule has 5 heteroatoms. The van der Waals surface area contributed by atoms with Crippen LogP contribution in [0.15, 0.2) is 53.0 Å². The van der Waals surface area contributed by atoms with Crippen LogP contribution >= 0.6 is 27.5 Å². The lowest BCUT2D eigenvalue weighted by molar-refractivity contribution is -0.885. The van der Waals surface area contributed by atoms with Gasteiger partial charge in [0.05, 0.1) is 13.1 Å². The lowest BCUT2D eigenvalue weighted by Crippen LogP contribution is -3.08. The van der Waals surface area contributed by atoms with Gasteiger partial charge in [0, 0.05) is 15.1 Å². The Bertz CT molecular complexity index is 643. The van der Waals surface area contributed by atoms with Crippen molar-refractivity contribution in [2.45, 2.75) is 19.5 Å². The normalized spacial score (nSPS) is 13.4. The highest BCUT2D eigenvalue weighted by Crippen LogP contribution is 2.15. The number of hydrogen-bond donors (Lipinski definition) is 2. The minimum Gasteiger partial charge on any atom is -0.345 e. The highest BCUT2D eigenvalue weighted by molar-refractivity contribution is 9.10. The molecule has 0 aromatic heterocycles. The Labute approximate surface area is 150 Å². The van der Waals surface area contributed by atoms with E-state index in [9.17, 15) is 4.79 Å². The minimum atomic E-state index is -0.0275. The lowest BCUT2D eigenvalue weighted by atomic mass is 10.1. The molecule has 1 amide bonds. The number of halogens is 2. The van der Waals surface area contributed by atoms with E-state index < -0.39 is 0 Å². The minimum absolute atomic E-state index is 0.0275. The molecule has 0 saturated heterocycles. The van der Waals surface area contributed by atoms with Gasteiger partial charge in [-0.2, -0.15) is 0 Å². The Kier molecular flexibility index (Phi) is 6.63. The summed E-state index contributed by atoms with van der Waals surface area (Å²) in [4.78, 5) is 13.3. The maximum atomic E-state index is 12.2. The molecule has 1 unspecified atom stereocenters. The summed E-state index contributed by atoms with van der Waals surface area (Å²) in [7, 11) is 2.02. The largest absolute Gasteiger partial charge is 0.345 e. The van der Waals surface area contributed by atoms with Crippen molar-refractivity contribution in [2.75, 3.05) is 13.6 Å². The molecule has 0 aliphatic carbocycles. The first-order valence-corrected chi connectivity index (χ1v) is 8.71. The second kappa shape index (κ2) is 8.48. The first-order chi connectivity index (χ1) is 10.9. The van der Waals surface area contributed by atoms with Crippen LogP contribution in [0.2, 0.25) is 5.02 Å². The van der Waals surface area contributed by atoms with Crippen LogP contribution in [0.1, 0.15) is 24.1 Å². The maximum Gasteiger partial charge on any atom is 0.275 e. The Hall–Kier alpha value is -1.36. The monoisotopic (exact) mass is 395 g/mol. The molecule has 0 bridgehead atoms. The van der Waals surface area contributed by atoms with Crippen molar-refractivity contribution < 1.29 is 9.69 Å². The van der Waals surface area contributed by atoms with Crippen molar-refractivity contribution in [1.82, 2.24) is 5.32 Å². The summed E-state index contributed by atoms with van der Waals surface area (Å²) in [6.07, 6.45) is 0. The van der Waals surface area contributed by atoms with Gasteiger partial charge < -0.3 is 10.2 Å². The summed E-state index contributed by atoms with van der Waals surface area (Å²) in [5.74, 6) is 0.0436. The number of carbonyl (C=O) groups is 1. The summed E-state index contributed by atoms with van der Waals surface area (Å²) in [6.45, 7) is 3.23. The number of amides is 1. The Morgan fingerprint density at radius 1 is 1.17 bits per heavy atom. The predicted molar refractivity (Wildman–Crippen MR) is 97.6 cm³/mol. The van der Waals surface area contributed by atoms with Crippen LogP contribution in [0.3, 0.4) is 0 Å². The zero-order valence-corrected chi connectivity index (χ0v) is 15.6. The van der Waals surface area contributed by atoms with Crippen LogP contribution < -0.4 is 10.2 Å². The summed E-state index contributed by atoms with van der Waals surface area (Å²) in [5, 5.41) is 3.73. The first-order valence-electron chi connectivity index (χ1n) is 7.54.